The van der Waals surface area contributed by atoms with Gasteiger partial charge in [-0.05, 0) is 44.4 Å². The van der Waals surface area contributed by atoms with Crippen LogP contribution in [0, 0.1) is 22.2 Å². The summed E-state index contributed by atoms with van der Waals surface area (Å²) in [6.07, 6.45) is 0. The van der Waals surface area contributed by atoms with Gasteiger partial charge in [-0.1, -0.05) is 27.7 Å². The zero-order chi connectivity index (χ0) is 14.6. The number of rotatable bonds is 4. The van der Waals surface area contributed by atoms with E-state index in [1.807, 2.05) is 27.7 Å². The highest BCUT2D eigenvalue weighted by Gasteiger charge is 2.64. The summed E-state index contributed by atoms with van der Waals surface area (Å²) in [5, 5.41) is 3.08. The number of hydrogen-bond acceptors (Lipinski definition) is 2. The van der Waals surface area contributed by atoms with Crippen LogP contribution in [-0.2, 0) is 4.79 Å². The van der Waals surface area contributed by atoms with Crippen molar-refractivity contribution in [3.05, 3.63) is 0 Å². The molecule has 1 rings (SSSR count). The van der Waals surface area contributed by atoms with Gasteiger partial charge in [0.15, 0.2) is 0 Å². The van der Waals surface area contributed by atoms with E-state index in [0.717, 1.165) is 6.54 Å². The predicted molar refractivity (Wildman–Crippen MR) is 76.1 cm³/mol. The Labute approximate surface area is 112 Å². The molecule has 3 nitrogen and oxygen atoms in total. The van der Waals surface area contributed by atoms with Crippen molar-refractivity contribution in [1.29, 1.82) is 0 Å². The molecule has 1 saturated carbocycles. The van der Waals surface area contributed by atoms with Gasteiger partial charge >= 0.3 is 0 Å². The van der Waals surface area contributed by atoms with Crippen LogP contribution in [0.4, 0.5) is 0 Å². The third-order valence-electron chi connectivity index (χ3n) is 5.96. The molecule has 3 N–H and O–H groups in total. The predicted octanol–water partition coefficient (Wildman–Crippen LogP) is 2.55. The van der Waals surface area contributed by atoms with E-state index in [1.54, 1.807) is 0 Å². The van der Waals surface area contributed by atoms with Crippen molar-refractivity contribution in [2.45, 2.75) is 60.9 Å². The van der Waals surface area contributed by atoms with E-state index in [9.17, 15) is 4.79 Å². The minimum absolute atomic E-state index is 0.0495. The molecule has 0 aromatic carbocycles. The number of nitrogens with two attached hydrogens (primary N) is 1. The van der Waals surface area contributed by atoms with Crippen molar-refractivity contribution in [3.63, 3.8) is 0 Å². The van der Waals surface area contributed by atoms with Crippen molar-refractivity contribution < 1.29 is 4.79 Å². The lowest BCUT2D eigenvalue weighted by molar-refractivity contribution is -0.132. The van der Waals surface area contributed by atoms with Gasteiger partial charge in [0, 0.05) is 12.1 Å². The molecule has 0 bridgehead atoms. The Balaban J connectivity index is 2.60. The van der Waals surface area contributed by atoms with Crippen LogP contribution in [0.2, 0.25) is 0 Å². The summed E-state index contributed by atoms with van der Waals surface area (Å²) in [5.74, 6) is 0.596. The van der Waals surface area contributed by atoms with Crippen molar-refractivity contribution in [3.8, 4) is 0 Å². The van der Waals surface area contributed by atoms with Crippen molar-refractivity contribution in [1.82, 2.24) is 5.32 Å². The first-order valence-corrected chi connectivity index (χ1v) is 6.83. The monoisotopic (exact) mass is 254 g/mol. The van der Waals surface area contributed by atoms with E-state index in [2.05, 4.69) is 33.0 Å². The molecule has 3 heteroatoms. The number of carbonyl (C=O) groups excluding carboxylic acids is 1. The van der Waals surface area contributed by atoms with Crippen LogP contribution in [0.5, 0.6) is 0 Å². The molecule has 0 aromatic heterocycles. The smallest absolute Gasteiger partial charge is 0.227 e. The molecule has 1 amide bonds. The average molecular weight is 254 g/mol. The SMILES string of the molecule is CC(C)(N)C(C)(C)C(=O)NCC1C(C)(C)C1(C)C. The normalized spacial score (nSPS) is 22.7. The van der Waals surface area contributed by atoms with Crippen molar-refractivity contribution in [2.24, 2.45) is 27.9 Å². The fourth-order valence-electron chi connectivity index (χ4n) is 2.55. The lowest BCUT2D eigenvalue weighted by atomic mass is 9.74. The second-order valence-electron chi connectivity index (χ2n) is 8.05. The Bertz CT molecular complexity index is 334. The Morgan fingerprint density at radius 2 is 1.50 bits per heavy atom. The summed E-state index contributed by atoms with van der Waals surface area (Å²) in [7, 11) is 0. The number of hydrogen-bond donors (Lipinski definition) is 2. The second-order valence-corrected chi connectivity index (χ2v) is 8.05. The van der Waals surface area contributed by atoms with Crippen molar-refractivity contribution >= 4 is 5.91 Å². The minimum Gasteiger partial charge on any atom is -0.355 e. The largest absolute Gasteiger partial charge is 0.355 e. The molecule has 106 valence electrons. The maximum atomic E-state index is 12.3. The lowest BCUT2D eigenvalue weighted by Gasteiger charge is -2.37. The highest BCUT2D eigenvalue weighted by Crippen LogP contribution is 2.67. The molecule has 0 unspecified atom stereocenters. The summed E-state index contributed by atoms with van der Waals surface area (Å²) in [5.41, 5.74) is 5.62. The second kappa shape index (κ2) is 3.96. The quantitative estimate of drug-likeness (QED) is 0.810. The van der Waals surface area contributed by atoms with Gasteiger partial charge < -0.3 is 11.1 Å². The van der Waals surface area contributed by atoms with Crippen LogP contribution < -0.4 is 11.1 Å². The molecule has 0 radical (unpaired) electrons. The molecular weight excluding hydrogens is 224 g/mol. The maximum Gasteiger partial charge on any atom is 0.227 e. The number of amides is 1. The van der Waals surface area contributed by atoms with Crippen LogP contribution in [0.15, 0.2) is 0 Å². The number of carbonyl (C=O) groups is 1. The van der Waals surface area contributed by atoms with Gasteiger partial charge in [-0.15, -0.1) is 0 Å². The molecule has 0 heterocycles. The highest BCUT2D eigenvalue weighted by atomic mass is 16.2. The molecule has 0 saturated heterocycles. The fraction of sp³-hybridized carbons (Fsp3) is 0.933. The van der Waals surface area contributed by atoms with Crippen LogP contribution in [-0.4, -0.2) is 18.0 Å². The maximum absolute atomic E-state index is 12.3. The van der Waals surface area contributed by atoms with Crippen LogP contribution in [0.25, 0.3) is 0 Å². The Hall–Kier alpha value is -0.570. The summed E-state index contributed by atoms with van der Waals surface area (Å²) in [6.45, 7) is 17.4. The van der Waals surface area contributed by atoms with Gasteiger partial charge in [0.05, 0.1) is 5.41 Å². The molecule has 0 atom stereocenters. The van der Waals surface area contributed by atoms with Gasteiger partial charge in [0.2, 0.25) is 5.91 Å². The first kappa shape index (κ1) is 15.5. The zero-order valence-corrected chi connectivity index (χ0v) is 13.3. The first-order chi connectivity index (χ1) is 7.76. The van der Waals surface area contributed by atoms with Gasteiger partial charge in [0.25, 0.3) is 0 Å². The standard InChI is InChI=1S/C15H30N2O/c1-12(2)10(13(12,3)4)9-17-11(18)14(5,6)15(7,8)16/h10H,9,16H2,1-8H3,(H,17,18). The highest BCUT2D eigenvalue weighted by molar-refractivity contribution is 5.83. The van der Waals surface area contributed by atoms with E-state index < -0.39 is 11.0 Å². The van der Waals surface area contributed by atoms with Gasteiger partial charge in [-0.3, -0.25) is 4.79 Å². The van der Waals surface area contributed by atoms with Gasteiger partial charge in [-0.25, -0.2) is 0 Å². The Kier molecular flexibility index (Phi) is 3.41. The molecule has 18 heavy (non-hydrogen) atoms. The van der Waals surface area contributed by atoms with Crippen molar-refractivity contribution in [2.75, 3.05) is 6.54 Å². The first-order valence-electron chi connectivity index (χ1n) is 6.83. The lowest BCUT2D eigenvalue weighted by Crippen LogP contribution is -2.55. The summed E-state index contributed by atoms with van der Waals surface area (Å²) in [4.78, 5) is 12.3. The molecular formula is C15H30N2O. The van der Waals surface area contributed by atoms with Crippen LogP contribution >= 0.6 is 0 Å². The molecule has 1 aliphatic rings. The fourth-order valence-corrected chi connectivity index (χ4v) is 2.55. The van der Waals surface area contributed by atoms with E-state index in [0.29, 0.717) is 16.7 Å². The van der Waals surface area contributed by atoms with E-state index >= 15 is 0 Å². The van der Waals surface area contributed by atoms with Gasteiger partial charge in [0.1, 0.15) is 0 Å². The van der Waals surface area contributed by atoms with E-state index in [4.69, 9.17) is 5.73 Å². The Morgan fingerprint density at radius 3 is 1.78 bits per heavy atom. The molecule has 0 spiro atoms. The minimum atomic E-state index is -0.559. The molecule has 1 aliphatic carbocycles. The van der Waals surface area contributed by atoms with Crippen LogP contribution in [0.1, 0.15) is 55.4 Å². The zero-order valence-electron chi connectivity index (χ0n) is 13.3. The number of nitrogens with one attached hydrogen (secondary N) is 1. The molecule has 1 fully saturated rings. The van der Waals surface area contributed by atoms with Crippen LogP contribution in [0.3, 0.4) is 0 Å². The summed E-state index contributed by atoms with van der Waals surface area (Å²) >= 11 is 0. The third kappa shape index (κ3) is 2.18. The molecule has 0 aliphatic heterocycles. The third-order valence-corrected chi connectivity index (χ3v) is 5.96. The van der Waals surface area contributed by atoms with E-state index in [-0.39, 0.29) is 5.91 Å². The average Bonchev–Trinajstić information content (AvgIpc) is 2.52. The van der Waals surface area contributed by atoms with E-state index in [1.165, 1.54) is 0 Å². The van der Waals surface area contributed by atoms with Gasteiger partial charge in [-0.2, -0.15) is 0 Å². The molecule has 0 aromatic rings. The summed E-state index contributed by atoms with van der Waals surface area (Å²) < 4.78 is 0. The Morgan fingerprint density at radius 1 is 1.11 bits per heavy atom. The topological polar surface area (TPSA) is 55.1 Å². The summed E-state index contributed by atoms with van der Waals surface area (Å²) in [6, 6.07) is 0.